The van der Waals surface area contributed by atoms with E-state index >= 15 is 0 Å². The number of nitrogens with zero attached hydrogens (tertiary/aromatic N) is 4. The molecular formula is C16H21N5O3. The van der Waals surface area contributed by atoms with Crippen LogP contribution in [0.15, 0.2) is 30.3 Å². The van der Waals surface area contributed by atoms with Crippen LogP contribution in [0.3, 0.4) is 0 Å². The smallest absolute Gasteiger partial charge is 0.306 e. The molecule has 0 spiro atoms. The van der Waals surface area contributed by atoms with Gasteiger partial charge in [-0.3, -0.25) is 4.79 Å². The standard InChI is InChI=1S/C16H21N5O3/c1-21(2)16-19-13(18-15(17)20-16)11-24-14(22)9-6-10-23-12-7-4-3-5-8-12/h3-5,7-8H,6,9-11H2,1-2H3,(H2,17,18,19,20). The molecule has 1 aromatic heterocycles. The molecule has 0 saturated carbocycles. The van der Waals surface area contributed by atoms with Crippen molar-refractivity contribution in [1.82, 2.24) is 15.0 Å². The summed E-state index contributed by atoms with van der Waals surface area (Å²) >= 11 is 0. The molecule has 2 rings (SSSR count). The second-order valence-corrected chi connectivity index (χ2v) is 5.23. The Morgan fingerprint density at radius 1 is 1.17 bits per heavy atom. The number of aromatic nitrogens is 3. The van der Waals surface area contributed by atoms with Crippen molar-refractivity contribution in [2.24, 2.45) is 0 Å². The highest BCUT2D eigenvalue weighted by atomic mass is 16.5. The van der Waals surface area contributed by atoms with Crippen molar-refractivity contribution in [3.63, 3.8) is 0 Å². The zero-order chi connectivity index (χ0) is 17.4. The lowest BCUT2D eigenvalue weighted by Gasteiger charge is -2.11. The number of rotatable bonds is 8. The highest BCUT2D eigenvalue weighted by Crippen LogP contribution is 2.10. The first-order valence-corrected chi connectivity index (χ1v) is 7.56. The van der Waals surface area contributed by atoms with Gasteiger partial charge < -0.3 is 20.1 Å². The molecule has 0 fully saturated rings. The molecule has 0 amide bonds. The van der Waals surface area contributed by atoms with Crippen molar-refractivity contribution < 1.29 is 14.3 Å². The summed E-state index contributed by atoms with van der Waals surface area (Å²) in [5.41, 5.74) is 5.61. The van der Waals surface area contributed by atoms with Crippen molar-refractivity contribution in [3.8, 4) is 5.75 Å². The van der Waals surface area contributed by atoms with Crippen LogP contribution in [0.4, 0.5) is 11.9 Å². The third-order valence-corrected chi connectivity index (χ3v) is 2.99. The van der Waals surface area contributed by atoms with Crippen LogP contribution in [0.2, 0.25) is 0 Å². The fourth-order valence-electron chi connectivity index (χ4n) is 1.83. The van der Waals surface area contributed by atoms with Gasteiger partial charge in [0.2, 0.25) is 11.9 Å². The molecule has 0 aliphatic heterocycles. The first kappa shape index (κ1) is 17.5. The maximum Gasteiger partial charge on any atom is 0.306 e. The number of benzene rings is 1. The van der Waals surface area contributed by atoms with E-state index in [1.165, 1.54) is 0 Å². The topological polar surface area (TPSA) is 103 Å². The molecule has 8 nitrogen and oxygen atoms in total. The number of anilines is 2. The van der Waals surface area contributed by atoms with Gasteiger partial charge in [0.1, 0.15) is 5.75 Å². The Morgan fingerprint density at radius 3 is 2.62 bits per heavy atom. The number of para-hydroxylation sites is 1. The van der Waals surface area contributed by atoms with E-state index in [9.17, 15) is 4.79 Å². The van der Waals surface area contributed by atoms with Crippen LogP contribution in [0.1, 0.15) is 18.7 Å². The first-order valence-electron chi connectivity index (χ1n) is 7.56. The maximum absolute atomic E-state index is 11.7. The number of hydrogen-bond donors (Lipinski definition) is 1. The second-order valence-electron chi connectivity index (χ2n) is 5.23. The van der Waals surface area contributed by atoms with Crippen molar-refractivity contribution in [2.75, 3.05) is 31.3 Å². The van der Waals surface area contributed by atoms with Crippen molar-refractivity contribution in [1.29, 1.82) is 0 Å². The van der Waals surface area contributed by atoms with Crippen molar-refractivity contribution in [2.45, 2.75) is 19.4 Å². The molecule has 24 heavy (non-hydrogen) atoms. The minimum atomic E-state index is -0.336. The normalized spacial score (nSPS) is 10.2. The van der Waals surface area contributed by atoms with E-state index in [0.29, 0.717) is 24.8 Å². The third-order valence-electron chi connectivity index (χ3n) is 2.99. The molecule has 0 radical (unpaired) electrons. The average Bonchev–Trinajstić information content (AvgIpc) is 2.57. The van der Waals surface area contributed by atoms with Gasteiger partial charge in [-0.15, -0.1) is 0 Å². The van der Waals surface area contributed by atoms with Crippen LogP contribution in [0.5, 0.6) is 5.75 Å². The highest BCUT2D eigenvalue weighted by Gasteiger charge is 2.09. The summed E-state index contributed by atoms with van der Waals surface area (Å²) in [7, 11) is 3.58. The average molecular weight is 331 g/mol. The highest BCUT2D eigenvalue weighted by molar-refractivity contribution is 5.69. The summed E-state index contributed by atoms with van der Waals surface area (Å²) in [6.45, 7) is 0.411. The van der Waals surface area contributed by atoms with Gasteiger partial charge in [0.15, 0.2) is 12.4 Å². The largest absolute Gasteiger partial charge is 0.494 e. The van der Waals surface area contributed by atoms with E-state index < -0.39 is 0 Å². The van der Waals surface area contributed by atoms with Crippen LogP contribution >= 0.6 is 0 Å². The minimum absolute atomic E-state index is 0.0358. The summed E-state index contributed by atoms with van der Waals surface area (Å²) in [4.78, 5) is 25.5. The molecule has 0 bridgehead atoms. The Bertz CT molecular complexity index is 664. The van der Waals surface area contributed by atoms with Gasteiger partial charge >= 0.3 is 5.97 Å². The van der Waals surface area contributed by atoms with E-state index in [2.05, 4.69) is 15.0 Å². The van der Waals surface area contributed by atoms with E-state index in [4.69, 9.17) is 15.2 Å². The summed E-state index contributed by atoms with van der Waals surface area (Å²) in [6, 6.07) is 9.44. The zero-order valence-electron chi connectivity index (χ0n) is 13.8. The molecular weight excluding hydrogens is 310 g/mol. The number of nitrogens with two attached hydrogens (primary N) is 1. The Kier molecular flexibility index (Phi) is 6.30. The van der Waals surface area contributed by atoms with Gasteiger partial charge in [0.25, 0.3) is 0 Å². The van der Waals surface area contributed by atoms with Crippen molar-refractivity contribution >= 4 is 17.9 Å². The fourth-order valence-corrected chi connectivity index (χ4v) is 1.83. The zero-order valence-corrected chi connectivity index (χ0v) is 13.8. The van der Waals surface area contributed by atoms with Gasteiger partial charge in [-0.2, -0.15) is 15.0 Å². The van der Waals surface area contributed by atoms with Crippen LogP contribution in [-0.4, -0.2) is 41.6 Å². The third kappa shape index (κ3) is 5.71. The van der Waals surface area contributed by atoms with E-state index in [-0.39, 0.29) is 24.9 Å². The Hall–Kier alpha value is -2.90. The lowest BCUT2D eigenvalue weighted by atomic mass is 10.3. The number of hydrogen-bond acceptors (Lipinski definition) is 8. The Balaban J connectivity index is 1.71. The molecule has 1 aromatic carbocycles. The predicted octanol–water partition coefficient (Wildman–Crippen LogP) is 1.42. The van der Waals surface area contributed by atoms with Crippen LogP contribution in [0, 0.1) is 0 Å². The minimum Gasteiger partial charge on any atom is -0.494 e. The second kappa shape index (κ2) is 8.66. The molecule has 0 atom stereocenters. The van der Waals surface area contributed by atoms with Gasteiger partial charge in [0, 0.05) is 20.5 Å². The Labute approximate surface area is 140 Å². The van der Waals surface area contributed by atoms with Crippen LogP contribution in [0.25, 0.3) is 0 Å². The van der Waals surface area contributed by atoms with Gasteiger partial charge in [0.05, 0.1) is 6.61 Å². The van der Waals surface area contributed by atoms with E-state index in [0.717, 1.165) is 5.75 Å². The first-order chi connectivity index (χ1) is 11.5. The maximum atomic E-state index is 11.7. The number of nitrogen functional groups attached to an aromatic ring is 1. The predicted molar refractivity (Wildman–Crippen MR) is 89.5 cm³/mol. The molecule has 0 aliphatic carbocycles. The molecule has 2 aromatic rings. The molecule has 0 unspecified atom stereocenters. The van der Waals surface area contributed by atoms with Crippen LogP contribution in [-0.2, 0) is 16.1 Å². The lowest BCUT2D eigenvalue weighted by Crippen LogP contribution is -2.17. The monoisotopic (exact) mass is 331 g/mol. The molecule has 1 heterocycles. The van der Waals surface area contributed by atoms with E-state index in [1.54, 1.807) is 19.0 Å². The van der Waals surface area contributed by atoms with Gasteiger partial charge in [-0.25, -0.2) is 0 Å². The SMILES string of the molecule is CN(C)c1nc(N)nc(COC(=O)CCCOc2ccccc2)n1. The summed E-state index contributed by atoms with van der Waals surface area (Å²) in [5, 5.41) is 0. The molecule has 0 saturated heterocycles. The number of esters is 1. The number of carbonyl (C=O) groups excluding carboxylic acids is 1. The van der Waals surface area contributed by atoms with E-state index in [1.807, 2.05) is 30.3 Å². The molecule has 128 valence electrons. The van der Waals surface area contributed by atoms with Crippen molar-refractivity contribution in [3.05, 3.63) is 36.2 Å². The number of ether oxygens (including phenoxy) is 2. The fraction of sp³-hybridized carbons (Fsp3) is 0.375. The lowest BCUT2D eigenvalue weighted by molar-refractivity contribution is -0.145. The quantitative estimate of drug-likeness (QED) is 0.572. The van der Waals surface area contributed by atoms with Gasteiger partial charge in [-0.1, -0.05) is 18.2 Å². The molecule has 8 heteroatoms. The van der Waals surface area contributed by atoms with Gasteiger partial charge in [-0.05, 0) is 18.6 Å². The Morgan fingerprint density at radius 2 is 1.92 bits per heavy atom. The summed E-state index contributed by atoms with van der Waals surface area (Å²) in [5.74, 6) is 1.28. The summed E-state index contributed by atoms with van der Waals surface area (Å²) in [6.07, 6.45) is 0.823. The molecule has 2 N–H and O–H groups in total. The molecule has 0 aliphatic rings. The van der Waals surface area contributed by atoms with Crippen LogP contribution < -0.4 is 15.4 Å². The summed E-state index contributed by atoms with van der Waals surface area (Å²) < 4.78 is 10.7. The number of carbonyl (C=O) groups is 1.